The van der Waals surface area contributed by atoms with Gasteiger partial charge in [-0.15, -0.1) is 0 Å². The van der Waals surface area contributed by atoms with E-state index in [2.05, 4.69) is 18.7 Å². The fourth-order valence-electron chi connectivity index (χ4n) is 2.91. The van der Waals surface area contributed by atoms with Crippen LogP contribution in [0.2, 0.25) is 0 Å². The van der Waals surface area contributed by atoms with E-state index < -0.39 is 0 Å². The van der Waals surface area contributed by atoms with Gasteiger partial charge in [0, 0.05) is 11.5 Å². The lowest BCUT2D eigenvalue weighted by Gasteiger charge is -2.23. The molecule has 0 saturated heterocycles. The van der Waals surface area contributed by atoms with Crippen LogP contribution in [0.25, 0.3) is 0 Å². The van der Waals surface area contributed by atoms with Gasteiger partial charge in [0.25, 0.3) is 0 Å². The minimum absolute atomic E-state index is 0.556. The van der Waals surface area contributed by atoms with E-state index in [1.807, 2.05) is 12.1 Å². The third kappa shape index (κ3) is 2.48. The summed E-state index contributed by atoms with van der Waals surface area (Å²) in [7, 11) is 0. The predicted molar refractivity (Wildman–Crippen MR) is 78.5 cm³/mol. The van der Waals surface area contributed by atoms with Gasteiger partial charge >= 0.3 is 0 Å². The molecule has 1 heterocycles. The highest BCUT2D eigenvalue weighted by atomic mass is 16.5. The number of para-hydroxylation sites is 1. The van der Waals surface area contributed by atoms with Crippen LogP contribution in [0, 0.1) is 5.92 Å². The third-order valence-corrected chi connectivity index (χ3v) is 3.92. The number of hydrogen-bond acceptors (Lipinski definition) is 2. The van der Waals surface area contributed by atoms with Crippen molar-refractivity contribution in [3.05, 3.63) is 54.4 Å². The molecule has 1 saturated carbocycles. The van der Waals surface area contributed by atoms with E-state index in [9.17, 15) is 0 Å². The van der Waals surface area contributed by atoms with Gasteiger partial charge in [0.1, 0.15) is 12.0 Å². The molecule has 1 aliphatic heterocycles. The molecular weight excluding hydrogens is 234 g/mol. The summed E-state index contributed by atoms with van der Waals surface area (Å²) in [4.78, 5) is 4.79. The molecule has 2 aliphatic rings. The molecule has 0 radical (unpaired) electrons. The van der Waals surface area contributed by atoms with Crippen LogP contribution in [0.15, 0.2) is 53.9 Å². The number of nitrogens with zero attached hydrogens (tertiary/aromatic N) is 1. The van der Waals surface area contributed by atoms with Crippen molar-refractivity contribution in [3.63, 3.8) is 0 Å². The molecular formula is C17H19NO. The summed E-state index contributed by atoms with van der Waals surface area (Å²) in [5.41, 5.74) is 3.14. The summed E-state index contributed by atoms with van der Waals surface area (Å²) in [6.07, 6.45) is 9.89. The predicted octanol–water partition coefficient (Wildman–Crippen LogP) is 4.48. The number of benzene rings is 1. The number of fused-ring (bicyclic) bond motifs is 1. The van der Waals surface area contributed by atoms with Crippen LogP contribution in [0.1, 0.15) is 37.7 Å². The van der Waals surface area contributed by atoms with E-state index in [4.69, 9.17) is 9.73 Å². The second kappa shape index (κ2) is 5.43. The molecule has 1 fully saturated rings. The Morgan fingerprint density at radius 1 is 1.16 bits per heavy atom. The highest BCUT2D eigenvalue weighted by molar-refractivity contribution is 6.05. The molecule has 1 aromatic carbocycles. The zero-order valence-corrected chi connectivity index (χ0v) is 11.1. The van der Waals surface area contributed by atoms with Crippen molar-refractivity contribution < 1.29 is 4.74 Å². The Hall–Kier alpha value is -1.83. The van der Waals surface area contributed by atoms with E-state index in [0.717, 1.165) is 17.0 Å². The lowest BCUT2D eigenvalue weighted by Crippen LogP contribution is -2.19. The first kappa shape index (κ1) is 12.2. The van der Waals surface area contributed by atoms with Crippen molar-refractivity contribution in [2.24, 2.45) is 10.9 Å². The topological polar surface area (TPSA) is 21.6 Å². The highest BCUT2D eigenvalue weighted by Gasteiger charge is 2.24. The van der Waals surface area contributed by atoms with E-state index in [0.29, 0.717) is 5.92 Å². The summed E-state index contributed by atoms with van der Waals surface area (Å²) in [5, 5.41) is 0. The fraction of sp³-hybridized carbons (Fsp3) is 0.353. The van der Waals surface area contributed by atoms with E-state index >= 15 is 0 Å². The monoisotopic (exact) mass is 253 g/mol. The number of hydrogen-bond donors (Lipinski definition) is 0. The summed E-state index contributed by atoms with van der Waals surface area (Å²) >= 11 is 0. The summed E-state index contributed by atoms with van der Waals surface area (Å²) in [6.45, 7) is 3.81. The third-order valence-electron chi connectivity index (χ3n) is 3.92. The van der Waals surface area contributed by atoms with Gasteiger partial charge in [0.15, 0.2) is 0 Å². The van der Waals surface area contributed by atoms with E-state index in [-0.39, 0.29) is 0 Å². The second-order valence-electron chi connectivity index (χ2n) is 5.19. The summed E-state index contributed by atoms with van der Waals surface area (Å²) in [5.74, 6) is 1.46. The Labute approximate surface area is 114 Å². The van der Waals surface area contributed by atoms with Crippen molar-refractivity contribution in [2.45, 2.75) is 32.1 Å². The molecule has 1 aromatic rings. The minimum atomic E-state index is 0.556. The van der Waals surface area contributed by atoms with E-state index in [1.165, 1.54) is 37.8 Å². The van der Waals surface area contributed by atoms with Crippen LogP contribution in [0.3, 0.4) is 0 Å². The summed E-state index contributed by atoms with van der Waals surface area (Å²) in [6, 6.07) is 8.18. The molecule has 0 bridgehead atoms. The van der Waals surface area contributed by atoms with Crippen LogP contribution in [-0.2, 0) is 0 Å². The molecule has 0 amide bonds. The van der Waals surface area contributed by atoms with Crippen LogP contribution in [-0.4, -0.2) is 5.71 Å². The highest BCUT2D eigenvalue weighted by Crippen LogP contribution is 2.33. The van der Waals surface area contributed by atoms with Crippen molar-refractivity contribution in [3.8, 4) is 5.75 Å². The van der Waals surface area contributed by atoms with Crippen molar-refractivity contribution >= 4 is 5.71 Å². The maximum atomic E-state index is 5.73. The number of allylic oxidation sites excluding steroid dienone is 1. The van der Waals surface area contributed by atoms with Gasteiger partial charge < -0.3 is 4.74 Å². The van der Waals surface area contributed by atoms with Crippen molar-refractivity contribution in [1.29, 1.82) is 0 Å². The molecule has 0 unspecified atom stereocenters. The van der Waals surface area contributed by atoms with Gasteiger partial charge in [-0.2, -0.15) is 0 Å². The van der Waals surface area contributed by atoms with Gasteiger partial charge in [-0.1, -0.05) is 38.0 Å². The first-order chi connectivity index (χ1) is 9.38. The van der Waals surface area contributed by atoms with Gasteiger partial charge in [0.2, 0.25) is 0 Å². The molecule has 0 atom stereocenters. The Balaban J connectivity index is 2.04. The maximum Gasteiger partial charge on any atom is 0.135 e. The average molecular weight is 253 g/mol. The fourth-order valence-corrected chi connectivity index (χ4v) is 2.91. The second-order valence-corrected chi connectivity index (χ2v) is 5.19. The molecule has 1 aliphatic carbocycles. The molecule has 0 aromatic heterocycles. The lowest BCUT2D eigenvalue weighted by atomic mass is 9.83. The normalized spacial score (nSPS) is 19.6. The number of ether oxygens (including phenoxy) is 1. The molecule has 0 N–H and O–H groups in total. The minimum Gasteiger partial charge on any atom is -0.462 e. The van der Waals surface area contributed by atoms with Crippen LogP contribution in [0.4, 0.5) is 0 Å². The van der Waals surface area contributed by atoms with E-state index in [1.54, 1.807) is 12.3 Å². The number of aliphatic imine (C=N–C) groups is 1. The number of rotatable bonds is 2. The zero-order chi connectivity index (χ0) is 13.1. The SMILES string of the molecule is C=CC1=COc2ccccc2C(C2CCCCC2)=N1. The quantitative estimate of drug-likeness (QED) is 0.761. The molecule has 0 spiro atoms. The van der Waals surface area contributed by atoms with Gasteiger partial charge in [0.05, 0.1) is 11.4 Å². The average Bonchev–Trinajstić information content (AvgIpc) is 2.68. The maximum absolute atomic E-state index is 5.73. The first-order valence-corrected chi connectivity index (χ1v) is 7.06. The lowest BCUT2D eigenvalue weighted by molar-refractivity contribution is 0.439. The summed E-state index contributed by atoms with van der Waals surface area (Å²) < 4.78 is 5.73. The van der Waals surface area contributed by atoms with Gasteiger partial charge in [-0.05, 0) is 31.1 Å². The first-order valence-electron chi connectivity index (χ1n) is 7.06. The van der Waals surface area contributed by atoms with Gasteiger partial charge in [-0.3, -0.25) is 0 Å². The molecule has 98 valence electrons. The van der Waals surface area contributed by atoms with Gasteiger partial charge in [-0.25, -0.2) is 4.99 Å². The molecule has 3 rings (SSSR count). The van der Waals surface area contributed by atoms with Crippen molar-refractivity contribution in [2.75, 3.05) is 0 Å². The molecule has 2 heteroatoms. The van der Waals surface area contributed by atoms with Crippen LogP contribution >= 0.6 is 0 Å². The largest absolute Gasteiger partial charge is 0.462 e. The Morgan fingerprint density at radius 3 is 2.74 bits per heavy atom. The van der Waals surface area contributed by atoms with Crippen LogP contribution in [0.5, 0.6) is 5.75 Å². The standard InChI is InChI=1S/C17H19NO/c1-2-14-12-19-16-11-7-6-10-15(16)17(18-14)13-8-4-3-5-9-13/h2,6-7,10-13H,1,3-5,8-9H2. The smallest absolute Gasteiger partial charge is 0.135 e. The Kier molecular flexibility index (Phi) is 3.49. The Morgan fingerprint density at radius 2 is 1.95 bits per heavy atom. The molecule has 19 heavy (non-hydrogen) atoms. The molecule has 2 nitrogen and oxygen atoms in total. The van der Waals surface area contributed by atoms with Crippen LogP contribution < -0.4 is 4.74 Å². The Bertz CT molecular complexity index is 536. The van der Waals surface area contributed by atoms with Crippen molar-refractivity contribution in [1.82, 2.24) is 0 Å². The zero-order valence-electron chi connectivity index (χ0n) is 11.1.